The molecule has 0 saturated carbocycles. The number of likely N-dealkylation sites (N-methyl/N-ethyl adjacent to an activating group) is 1. The van der Waals surface area contributed by atoms with Crippen molar-refractivity contribution in [2.45, 2.75) is 39.7 Å². The minimum Gasteiger partial charge on any atom is -0.315 e. The molecule has 1 atom stereocenters. The third-order valence-corrected chi connectivity index (χ3v) is 1.72. The average molecular weight is 158 g/mol. The molecule has 1 unspecified atom stereocenters. The molecule has 0 aliphatic carbocycles. The quantitative estimate of drug-likeness (QED) is 0.547. The van der Waals surface area contributed by atoms with E-state index in [0.717, 1.165) is 19.6 Å². The average Bonchev–Trinajstić information content (AvgIpc) is 2.01. The van der Waals surface area contributed by atoms with Crippen LogP contribution in [0, 0.1) is 0 Å². The van der Waals surface area contributed by atoms with E-state index < -0.39 is 0 Å². The number of hydrogen-bond acceptors (Lipinski definition) is 2. The molecule has 0 fully saturated rings. The first-order chi connectivity index (χ1) is 5.31. The van der Waals surface area contributed by atoms with Crippen LogP contribution in [-0.2, 0) is 0 Å². The van der Waals surface area contributed by atoms with Gasteiger partial charge in [-0.1, -0.05) is 20.3 Å². The third kappa shape index (κ3) is 7.82. The van der Waals surface area contributed by atoms with Gasteiger partial charge in [-0.15, -0.1) is 0 Å². The lowest BCUT2D eigenvalue weighted by molar-refractivity contribution is 0.501. The van der Waals surface area contributed by atoms with Gasteiger partial charge >= 0.3 is 0 Å². The Kier molecular flexibility index (Phi) is 7.96. The standard InChI is InChI=1S/C9H22N2/c1-4-6-7-11-9(3)8-10-5-2/h9-11H,4-8H2,1-3H3. The molecule has 0 rings (SSSR count). The summed E-state index contributed by atoms with van der Waals surface area (Å²) in [5, 5.41) is 6.77. The van der Waals surface area contributed by atoms with E-state index in [-0.39, 0.29) is 0 Å². The third-order valence-electron chi connectivity index (χ3n) is 1.72. The van der Waals surface area contributed by atoms with Crippen LogP contribution in [0.2, 0.25) is 0 Å². The molecule has 0 bridgehead atoms. The van der Waals surface area contributed by atoms with Crippen LogP contribution in [0.5, 0.6) is 0 Å². The van der Waals surface area contributed by atoms with Gasteiger partial charge in [0.2, 0.25) is 0 Å². The van der Waals surface area contributed by atoms with E-state index >= 15 is 0 Å². The molecule has 0 aromatic rings. The Labute approximate surface area is 70.8 Å². The molecule has 0 aromatic carbocycles. The highest BCUT2D eigenvalue weighted by Crippen LogP contribution is 1.85. The Bertz CT molecular complexity index is 74.0. The lowest BCUT2D eigenvalue weighted by atomic mass is 10.3. The number of unbranched alkanes of at least 4 members (excludes halogenated alkanes) is 1. The molecule has 2 N–H and O–H groups in total. The molecule has 0 saturated heterocycles. The summed E-state index contributed by atoms with van der Waals surface area (Å²) in [7, 11) is 0. The summed E-state index contributed by atoms with van der Waals surface area (Å²) in [6.45, 7) is 9.89. The normalized spacial score (nSPS) is 13.4. The maximum absolute atomic E-state index is 3.46. The molecule has 0 radical (unpaired) electrons. The molecule has 0 spiro atoms. The van der Waals surface area contributed by atoms with E-state index in [4.69, 9.17) is 0 Å². The van der Waals surface area contributed by atoms with Gasteiger partial charge in [-0.05, 0) is 26.4 Å². The van der Waals surface area contributed by atoms with E-state index in [0.29, 0.717) is 6.04 Å². The van der Waals surface area contributed by atoms with E-state index in [1.54, 1.807) is 0 Å². The molecule has 11 heavy (non-hydrogen) atoms. The molecule has 68 valence electrons. The van der Waals surface area contributed by atoms with Gasteiger partial charge in [0.05, 0.1) is 0 Å². The Morgan fingerprint density at radius 3 is 2.55 bits per heavy atom. The Morgan fingerprint density at radius 1 is 1.27 bits per heavy atom. The van der Waals surface area contributed by atoms with Crippen molar-refractivity contribution >= 4 is 0 Å². The number of nitrogens with one attached hydrogen (secondary N) is 2. The van der Waals surface area contributed by atoms with Gasteiger partial charge < -0.3 is 10.6 Å². The van der Waals surface area contributed by atoms with Gasteiger partial charge in [-0.3, -0.25) is 0 Å². The highest BCUT2D eigenvalue weighted by molar-refractivity contribution is 4.62. The van der Waals surface area contributed by atoms with E-state index in [1.807, 2.05) is 0 Å². The second-order valence-electron chi connectivity index (χ2n) is 3.02. The van der Waals surface area contributed by atoms with Crippen LogP contribution in [-0.4, -0.2) is 25.7 Å². The molecule has 2 nitrogen and oxygen atoms in total. The summed E-state index contributed by atoms with van der Waals surface area (Å²) in [6, 6.07) is 0.612. The summed E-state index contributed by atoms with van der Waals surface area (Å²) in [4.78, 5) is 0. The second kappa shape index (κ2) is 8.02. The van der Waals surface area contributed by atoms with Crippen LogP contribution in [0.4, 0.5) is 0 Å². The summed E-state index contributed by atoms with van der Waals surface area (Å²) in [6.07, 6.45) is 2.57. The highest BCUT2D eigenvalue weighted by Gasteiger charge is 1.97. The Hall–Kier alpha value is -0.0800. The first-order valence-corrected chi connectivity index (χ1v) is 4.75. The Morgan fingerprint density at radius 2 is 2.00 bits per heavy atom. The SMILES string of the molecule is CCCCNC(C)CNCC. The summed E-state index contributed by atoms with van der Waals surface area (Å²) < 4.78 is 0. The van der Waals surface area contributed by atoms with Crippen molar-refractivity contribution in [1.82, 2.24) is 10.6 Å². The highest BCUT2D eigenvalue weighted by atomic mass is 15.0. The zero-order valence-electron chi connectivity index (χ0n) is 8.11. The fourth-order valence-electron chi connectivity index (χ4n) is 0.958. The van der Waals surface area contributed by atoms with Gasteiger partial charge in [0.15, 0.2) is 0 Å². The largest absolute Gasteiger partial charge is 0.315 e. The predicted octanol–water partition coefficient (Wildman–Crippen LogP) is 1.37. The predicted molar refractivity (Wildman–Crippen MR) is 50.9 cm³/mol. The molecule has 2 heteroatoms. The smallest absolute Gasteiger partial charge is 0.0164 e. The van der Waals surface area contributed by atoms with Gasteiger partial charge in [0, 0.05) is 12.6 Å². The summed E-state index contributed by atoms with van der Waals surface area (Å²) in [5.74, 6) is 0. The van der Waals surface area contributed by atoms with E-state index in [2.05, 4.69) is 31.4 Å². The summed E-state index contributed by atoms with van der Waals surface area (Å²) >= 11 is 0. The van der Waals surface area contributed by atoms with Crippen molar-refractivity contribution in [1.29, 1.82) is 0 Å². The van der Waals surface area contributed by atoms with Crippen LogP contribution in [0.25, 0.3) is 0 Å². The van der Waals surface area contributed by atoms with Crippen molar-refractivity contribution in [2.75, 3.05) is 19.6 Å². The molecular weight excluding hydrogens is 136 g/mol. The minimum absolute atomic E-state index is 0.612. The van der Waals surface area contributed by atoms with Crippen molar-refractivity contribution < 1.29 is 0 Å². The fraction of sp³-hybridized carbons (Fsp3) is 1.00. The van der Waals surface area contributed by atoms with Gasteiger partial charge in [0.25, 0.3) is 0 Å². The first-order valence-electron chi connectivity index (χ1n) is 4.75. The molecule has 0 aromatic heterocycles. The summed E-state index contributed by atoms with van der Waals surface area (Å²) in [5.41, 5.74) is 0. The van der Waals surface area contributed by atoms with Gasteiger partial charge in [0.1, 0.15) is 0 Å². The first kappa shape index (κ1) is 10.9. The number of hydrogen-bond donors (Lipinski definition) is 2. The van der Waals surface area contributed by atoms with Crippen LogP contribution < -0.4 is 10.6 Å². The van der Waals surface area contributed by atoms with Crippen LogP contribution >= 0.6 is 0 Å². The van der Waals surface area contributed by atoms with Crippen molar-refractivity contribution in [3.8, 4) is 0 Å². The van der Waals surface area contributed by atoms with Crippen molar-refractivity contribution in [3.63, 3.8) is 0 Å². The van der Waals surface area contributed by atoms with E-state index in [1.165, 1.54) is 12.8 Å². The molecule has 0 heterocycles. The van der Waals surface area contributed by atoms with Crippen molar-refractivity contribution in [2.24, 2.45) is 0 Å². The molecule has 0 amide bonds. The van der Waals surface area contributed by atoms with Crippen LogP contribution in [0.1, 0.15) is 33.6 Å². The zero-order valence-corrected chi connectivity index (χ0v) is 8.11. The maximum Gasteiger partial charge on any atom is 0.0164 e. The van der Waals surface area contributed by atoms with Gasteiger partial charge in [-0.25, -0.2) is 0 Å². The molecular formula is C9H22N2. The fourth-order valence-corrected chi connectivity index (χ4v) is 0.958. The van der Waals surface area contributed by atoms with Crippen LogP contribution in [0.3, 0.4) is 0 Å². The molecule has 0 aliphatic rings. The second-order valence-corrected chi connectivity index (χ2v) is 3.02. The van der Waals surface area contributed by atoms with E-state index in [9.17, 15) is 0 Å². The van der Waals surface area contributed by atoms with Gasteiger partial charge in [-0.2, -0.15) is 0 Å². The maximum atomic E-state index is 3.46. The minimum atomic E-state index is 0.612. The van der Waals surface area contributed by atoms with Crippen molar-refractivity contribution in [3.05, 3.63) is 0 Å². The van der Waals surface area contributed by atoms with Crippen LogP contribution in [0.15, 0.2) is 0 Å². The topological polar surface area (TPSA) is 24.1 Å². The lowest BCUT2D eigenvalue weighted by Crippen LogP contribution is -2.36. The number of rotatable bonds is 7. The lowest BCUT2D eigenvalue weighted by Gasteiger charge is -2.13. The molecule has 0 aliphatic heterocycles. The monoisotopic (exact) mass is 158 g/mol. The zero-order chi connectivity index (χ0) is 8.53. The Balaban J connectivity index is 3.02.